The second-order valence-corrected chi connectivity index (χ2v) is 5.78. The summed E-state index contributed by atoms with van der Waals surface area (Å²) >= 11 is 0. The number of anilines is 2. The number of hydrogen-bond donors (Lipinski definition) is 3. The molecule has 0 aromatic heterocycles. The van der Waals surface area contributed by atoms with E-state index in [1.54, 1.807) is 6.07 Å². The SMILES string of the molecule is CC(C)(C)OC=O.Nc1cccc(N2CCNCC2)c1O. The van der Waals surface area contributed by atoms with Crippen LogP contribution in [0.3, 0.4) is 0 Å². The van der Waals surface area contributed by atoms with Gasteiger partial charge in [0.15, 0.2) is 5.75 Å². The van der Waals surface area contributed by atoms with Crippen LogP contribution in [-0.2, 0) is 9.53 Å². The first-order chi connectivity index (χ1) is 9.85. The molecule has 0 amide bonds. The number of carbonyl (C=O) groups is 1. The molecule has 0 aliphatic carbocycles. The van der Waals surface area contributed by atoms with Crippen LogP contribution in [0.4, 0.5) is 11.4 Å². The maximum atomic E-state index is 9.76. The van der Waals surface area contributed by atoms with Gasteiger partial charge in [-0.15, -0.1) is 0 Å². The quantitative estimate of drug-likeness (QED) is 0.433. The summed E-state index contributed by atoms with van der Waals surface area (Å²) in [5, 5.41) is 13.0. The summed E-state index contributed by atoms with van der Waals surface area (Å²) < 4.78 is 4.55. The smallest absolute Gasteiger partial charge is 0.293 e. The molecular formula is C15H25N3O3. The summed E-state index contributed by atoms with van der Waals surface area (Å²) in [4.78, 5) is 11.7. The van der Waals surface area contributed by atoms with Crippen molar-refractivity contribution in [2.75, 3.05) is 36.8 Å². The molecule has 0 atom stereocenters. The summed E-state index contributed by atoms with van der Waals surface area (Å²) in [6.07, 6.45) is 0. The number of carbonyl (C=O) groups excluding carboxylic acids is 1. The largest absolute Gasteiger partial charge is 0.504 e. The molecule has 1 heterocycles. The molecule has 6 nitrogen and oxygen atoms in total. The lowest BCUT2D eigenvalue weighted by molar-refractivity contribution is -0.138. The van der Waals surface area contributed by atoms with E-state index in [1.165, 1.54) is 0 Å². The lowest BCUT2D eigenvalue weighted by Gasteiger charge is -2.30. The van der Waals surface area contributed by atoms with Gasteiger partial charge >= 0.3 is 0 Å². The van der Waals surface area contributed by atoms with Crippen molar-refractivity contribution < 1.29 is 14.6 Å². The number of ether oxygens (including phenoxy) is 1. The fourth-order valence-electron chi connectivity index (χ4n) is 1.85. The Kier molecular flexibility index (Phi) is 6.30. The van der Waals surface area contributed by atoms with Crippen molar-refractivity contribution in [1.82, 2.24) is 5.32 Å². The minimum Gasteiger partial charge on any atom is -0.504 e. The average Bonchev–Trinajstić information content (AvgIpc) is 2.42. The fraction of sp³-hybridized carbons (Fsp3) is 0.533. The molecule has 0 radical (unpaired) electrons. The molecule has 0 saturated carbocycles. The summed E-state index contributed by atoms with van der Waals surface area (Å²) in [6.45, 7) is 9.65. The van der Waals surface area contributed by atoms with E-state index < -0.39 is 0 Å². The third kappa shape index (κ3) is 5.91. The Morgan fingerprint density at radius 3 is 2.43 bits per heavy atom. The molecule has 1 saturated heterocycles. The van der Waals surface area contributed by atoms with Gasteiger partial charge in [-0.3, -0.25) is 4.79 Å². The number of phenolic OH excluding ortho intramolecular Hbond substituents is 1. The van der Waals surface area contributed by atoms with E-state index >= 15 is 0 Å². The van der Waals surface area contributed by atoms with Gasteiger partial charge in [-0.1, -0.05) is 6.07 Å². The number of phenols is 1. The maximum absolute atomic E-state index is 9.76. The van der Waals surface area contributed by atoms with Crippen molar-refractivity contribution in [3.8, 4) is 5.75 Å². The van der Waals surface area contributed by atoms with E-state index in [1.807, 2.05) is 32.9 Å². The first-order valence-corrected chi connectivity index (χ1v) is 6.99. The van der Waals surface area contributed by atoms with Crippen molar-refractivity contribution >= 4 is 17.8 Å². The van der Waals surface area contributed by atoms with Crippen LogP contribution in [0.25, 0.3) is 0 Å². The molecule has 6 heteroatoms. The molecule has 1 fully saturated rings. The zero-order valence-electron chi connectivity index (χ0n) is 12.9. The highest BCUT2D eigenvalue weighted by Gasteiger charge is 2.14. The molecular weight excluding hydrogens is 270 g/mol. The van der Waals surface area contributed by atoms with Crippen molar-refractivity contribution in [3.05, 3.63) is 18.2 Å². The van der Waals surface area contributed by atoms with Crippen molar-refractivity contribution in [2.24, 2.45) is 0 Å². The molecule has 1 aliphatic heterocycles. The Hall–Kier alpha value is -1.95. The number of aromatic hydroxyl groups is 1. The predicted molar refractivity (Wildman–Crippen MR) is 84.5 cm³/mol. The lowest BCUT2D eigenvalue weighted by Crippen LogP contribution is -2.43. The van der Waals surface area contributed by atoms with E-state index in [0.717, 1.165) is 31.9 Å². The topological polar surface area (TPSA) is 87.8 Å². The van der Waals surface area contributed by atoms with Crippen LogP contribution >= 0.6 is 0 Å². The van der Waals surface area contributed by atoms with Crippen LogP contribution in [-0.4, -0.2) is 43.4 Å². The lowest BCUT2D eigenvalue weighted by atomic mass is 10.2. The first-order valence-electron chi connectivity index (χ1n) is 6.99. The van der Waals surface area contributed by atoms with Crippen LogP contribution in [0, 0.1) is 0 Å². The minimum absolute atomic E-state index is 0.203. The zero-order chi connectivity index (χ0) is 15.9. The summed E-state index contributed by atoms with van der Waals surface area (Å²) in [7, 11) is 0. The third-order valence-corrected chi connectivity index (χ3v) is 2.91. The number of nitrogens with zero attached hydrogens (tertiary/aromatic N) is 1. The van der Waals surface area contributed by atoms with Gasteiger partial charge in [-0.25, -0.2) is 0 Å². The standard InChI is InChI=1S/C10H15N3O.C5H10O2/c11-8-2-1-3-9(10(8)14)13-6-4-12-5-7-13;1-5(2,3)7-4-6/h1-3,12,14H,4-7,11H2;4H,1-3H3. The predicted octanol–water partition coefficient (Wildman–Crippen LogP) is 1.34. The Morgan fingerprint density at radius 2 is 1.95 bits per heavy atom. The van der Waals surface area contributed by atoms with Crippen LogP contribution < -0.4 is 16.0 Å². The molecule has 21 heavy (non-hydrogen) atoms. The second-order valence-electron chi connectivity index (χ2n) is 5.78. The van der Waals surface area contributed by atoms with Gasteiger partial charge in [0.25, 0.3) is 6.47 Å². The van der Waals surface area contributed by atoms with Crippen molar-refractivity contribution in [3.63, 3.8) is 0 Å². The molecule has 1 aromatic rings. The first kappa shape index (κ1) is 17.1. The number of nitrogens with one attached hydrogen (secondary N) is 1. The number of benzene rings is 1. The number of hydrogen-bond acceptors (Lipinski definition) is 6. The van der Waals surface area contributed by atoms with Crippen LogP contribution in [0.2, 0.25) is 0 Å². The fourth-order valence-corrected chi connectivity index (χ4v) is 1.85. The van der Waals surface area contributed by atoms with Crippen molar-refractivity contribution in [1.29, 1.82) is 0 Å². The molecule has 4 N–H and O–H groups in total. The highest BCUT2D eigenvalue weighted by atomic mass is 16.5. The molecule has 1 aromatic carbocycles. The van der Waals surface area contributed by atoms with Crippen LogP contribution in [0.15, 0.2) is 18.2 Å². The van der Waals surface area contributed by atoms with Gasteiger partial charge in [0.1, 0.15) is 5.60 Å². The average molecular weight is 295 g/mol. The number of nitrogen functional groups attached to an aromatic ring is 1. The van der Waals surface area contributed by atoms with Gasteiger partial charge < -0.3 is 25.8 Å². The van der Waals surface area contributed by atoms with E-state index in [9.17, 15) is 9.90 Å². The number of para-hydroxylation sites is 1. The van der Waals surface area contributed by atoms with Crippen molar-refractivity contribution in [2.45, 2.75) is 26.4 Å². The Labute approximate surface area is 125 Å². The number of nitrogens with two attached hydrogens (primary N) is 1. The van der Waals surface area contributed by atoms with E-state index in [4.69, 9.17) is 5.73 Å². The monoisotopic (exact) mass is 295 g/mol. The van der Waals surface area contributed by atoms with E-state index in [0.29, 0.717) is 12.2 Å². The summed E-state index contributed by atoms with van der Waals surface area (Å²) in [6, 6.07) is 5.48. The van der Waals surface area contributed by atoms with E-state index in [2.05, 4.69) is 15.0 Å². The van der Waals surface area contributed by atoms with Gasteiger partial charge in [-0.05, 0) is 32.9 Å². The Balaban J connectivity index is 0.000000270. The van der Waals surface area contributed by atoms with Gasteiger partial charge in [-0.2, -0.15) is 0 Å². The highest BCUT2D eigenvalue weighted by Crippen LogP contribution is 2.32. The second kappa shape index (κ2) is 7.73. The zero-order valence-corrected chi connectivity index (χ0v) is 12.9. The maximum Gasteiger partial charge on any atom is 0.293 e. The number of piperazine rings is 1. The minimum atomic E-state index is -0.318. The van der Waals surface area contributed by atoms with Crippen LogP contribution in [0.1, 0.15) is 20.8 Å². The molecule has 0 bridgehead atoms. The molecule has 0 spiro atoms. The summed E-state index contributed by atoms with van der Waals surface area (Å²) in [5.74, 6) is 0.203. The Morgan fingerprint density at radius 1 is 1.33 bits per heavy atom. The molecule has 118 valence electrons. The van der Waals surface area contributed by atoms with Gasteiger partial charge in [0.2, 0.25) is 0 Å². The molecule has 1 aliphatic rings. The van der Waals surface area contributed by atoms with E-state index in [-0.39, 0.29) is 11.4 Å². The third-order valence-electron chi connectivity index (χ3n) is 2.91. The molecule has 0 unspecified atom stereocenters. The van der Waals surface area contributed by atoms with Gasteiger partial charge in [0.05, 0.1) is 11.4 Å². The normalized spacial score (nSPS) is 14.9. The molecule has 2 rings (SSSR count). The van der Waals surface area contributed by atoms with Crippen LogP contribution in [0.5, 0.6) is 5.75 Å². The summed E-state index contributed by atoms with van der Waals surface area (Å²) in [5.41, 5.74) is 6.60. The Bertz CT molecular complexity index is 452. The number of rotatable bonds is 2. The van der Waals surface area contributed by atoms with Gasteiger partial charge in [0, 0.05) is 26.2 Å². The highest BCUT2D eigenvalue weighted by molar-refractivity contribution is 5.69.